The smallest absolute Gasteiger partial charge is 0.0880 e. The van der Waals surface area contributed by atoms with Crippen LogP contribution >= 0.6 is 0 Å². The van der Waals surface area contributed by atoms with Gasteiger partial charge >= 0.3 is 0 Å². The molecule has 1 aromatic rings. The van der Waals surface area contributed by atoms with Crippen molar-refractivity contribution in [2.75, 3.05) is 0 Å². The highest BCUT2D eigenvalue weighted by Crippen LogP contribution is 2.66. The van der Waals surface area contributed by atoms with Gasteiger partial charge in [0.15, 0.2) is 6.71 Å². The van der Waals surface area contributed by atoms with Crippen LogP contribution in [0.3, 0.4) is 0 Å². The number of hydrogen-bond acceptors (Lipinski definition) is 0. The van der Waals surface area contributed by atoms with Gasteiger partial charge in [-0.1, -0.05) is 92.9 Å². The molecule has 0 nitrogen and oxygen atoms in total. The molecule has 5 atom stereocenters. The van der Waals surface area contributed by atoms with E-state index in [-0.39, 0.29) is 10.8 Å². The van der Waals surface area contributed by atoms with E-state index in [9.17, 15) is 0 Å². The van der Waals surface area contributed by atoms with Crippen LogP contribution in [0.4, 0.5) is 0 Å². The van der Waals surface area contributed by atoms with Gasteiger partial charge in [-0.15, -0.1) is 0 Å². The third-order valence-electron chi connectivity index (χ3n) is 9.05. The first-order valence-electron chi connectivity index (χ1n) is 10.6. The van der Waals surface area contributed by atoms with Crippen LogP contribution in [0.2, 0.25) is 11.6 Å². The molecule has 0 bridgehead atoms. The largest absolute Gasteiger partial charge is 0.188 e. The Kier molecular flexibility index (Phi) is 2.79. The van der Waals surface area contributed by atoms with Gasteiger partial charge in [-0.3, -0.25) is 0 Å². The van der Waals surface area contributed by atoms with Gasteiger partial charge in [0.1, 0.15) is 0 Å². The summed E-state index contributed by atoms with van der Waals surface area (Å²) in [6, 6.07) is 7.23. The maximum absolute atomic E-state index is 2.60. The van der Waals surface area contributed by atoms with Crippen molar-refractivity contribution >= 4 is 12.2 Å². The van der Waals surface area contributed by atoms with Crippen molar-refractivity contribution in [3.05, 3.63) is 65.3 Å². The quantitative estimate of drug-likeness (QED) is 0.443. The summed E-state index contributed by atoms with van der Waals surface area (Å²) < 4.78 is 0. The summed E-state index contributed by atoms with van der Waals surface area (Å²) in [4.78, 5) is 0. The van der Waals surface area contributed by atoms with Crippen molar-refractivity contribution in [1.82, 2.24) is 0 Å². The van der Waals surface area contributed by atoms with Gasteiger partial charge in [0.25, 0.3) is 0 Å². The summed E-state index contributed by atoms with van der Waals surface area (Å²) in [7, 11) is 0. The standard InChI is InChI=1S/C25H29B/c1-24(2)17-10-5-8-15-14-16-9-6-11-18-22(16)26(21(15)17)23-19(24)12-7-13-20(23)25(18,3)4/h5-12,15,19-21,23H,13-14H2,1-4H3. The summed E-state index contributed by atoms with van der Waals surface area (Å²) in [6.07, 6.45) is 15.0. The molecule has 6 rings (SSSR count). The molecule has 1 aromatic carbocycles. The van der Waals surface area contributed by atoms with Gasteiger partial charge in [-0.05, 0) is 58.6 Å². The molecular formula is C25H29B. The van der Waals surface area contributed by atoms with Crippen molar-refractivity contribution in [2.45, 2.75) is 57.6 Å². The highest BCUT2D eigenvalue weighted by Gasteiger charge is 2.63. The average molecular weight is 340 g/mol. The Morgan fingerprint density at radius 2 is 1.88 bits per heavy atom. The minimum Gasteiger partial charge on any atom is -0.0880 e. The first kappa shape index (κ1) is 15.6. The minimum absolute atomic E-state index is 0.282. The van der Waals surface area contributed by atoms with E-state index < -0.39 is 0 Å². The fourth-order valence-corrected chi connectivity index (χ4v) is 7.95. The second-order valence-corrected chi connectivity index (χ2v) is 10.6. The number of rotatable bonds is 0. The second-order valence-electron chi connectivity index (χ2n) is 10.6. The zero-order chi connectivity index (χ0) is 17.8. The highest BCUT2D eigenvalue weighted by molar-refractivity contribution is 6.78. The summed E-state index contributed by atoms with van der Waals surface area (Å²) in [6.45, 7) is 10.9. The third kappa shape index (κ3) is 1.61. The molecule has 26 heavy (non-hydrogen) atoms. The zero-order valence-corrected chi connectivity index (χ0v) is 16.5. The highest BCUT2D eigenvalue weighted by atomic mass is 14.6. The minimum atomic E-state index is 0.282. The van der Waals surface area contributed by atoms with E-state index in [0.29, 0.717) is 11.8 Å². The zero-order valence-electron chi connectivity index (χ0n) is 16.5. The lowest BCUT2D eigenvalue weighted by atomic mass is 9.14. The van der Waals surface area contributed by atoms with Gasteiger partial charge in [0.2, 0.25) is 0 Å². The Labute approximate surface area is 158 Å². The van der Waals surface area contributed by atoms with E-state index in [1.165, 1.54) is 12.8 Å². The molecule has 0 N–H and O–H groups in total. The van der Waals surface area contributed by atoms with Crippen molar-refractivity contribution in [3.8, 4) is 0 Å². The Hall–Kier alpha value is -1.50. The molecule has 1 saturated heterocycles. The lowest BCUT2D eigenvalue weighted by Gasteiger charge is -2.64. The fraction of sp³-hybridized carbons (Fsp3) is 0.520. The predicted octanol–water partition coefficient (Wildman–Crippen LogP) is 5.32. The van der Waals surface area contributed by atoms with E-state index in [1.807, 2.05) is 0 Å². The van der Waals surface area contributed by atoms with Gasteiger partial charge in [-0.25, -0.2) is 0 Å². The SMILES string of the molecule is CC1(C)C2=CC=CC3Cc4cccc5c4B(C23)C2C1C=CCC2C5(C)C. The van der Waals surface area contributed by atoms with E-state index in [0.717, 1.165) is 24.3 Å². The van der Waals surface area contributed by atoms with Crippen LogP contribution in [0.1, 0.15) is 45.2 Å². The first-order chi connectivity index (χ1) is 12.4. The molecule has 1 heteroatoms. The van der Waals surface area contributed by atoms with Crippen molar-refractivity contribution in [3.63, 3.8) is 0 Å². The van der Waals surface area contributed by atoms with Crippen molar-refractivity contribution in [2.24, 2.45) is 23.2 Å². The average Bonchev–Trinajstić information content (AvgIpc) is 2.63. The van der Waals surface area contributed by atoms with E-state index in [1.54, 1.807) is 22.2 Å². The van der Waals surface area contributed by atoms with Gasteiger partial charge in [-0.2, -0.15) is 0 Å². The summed E-state index contributed by atoms with van der Waals surface area (Å²) >= 11 is 0. The summed E-state index contributed by atoms with van der Waals surface area (Å²) in [5.41, 5.74) is 7.38. The van der Waals surface area contributed by atoms with Crippen molar-refractivity contribution in [1.29, 1.82) is 0 Å². The summed E-state index contributed by atoms with van der Waals surface area (Å²) in [5, 5.41) is 0. The molecule has 0 spiro atoms. The third-order valence-corrected chi connectivity index (χ3v) is 9.05. The molecule has 5 unspecified atom stereocenters. The fourth-order valence-electron chi connectivity index (χ4n) is 7.95. The molecule has 0 radical (unpaired) electrons. The number of allylic oxidation sites excluding steroid dienone is 6. The Morgan fingerprint density at radius 3 is 2.73 bits per heavy atom. The molecule has 3 heterocycles. The molecule has 2 aliphatic carbocycles. The first-order valence-corrected chi connectivity index (χ1v) is 10.6. The molecule has 5 aliphatic rings. The Balaban J connectivity index is 1.71. The van der Waals surface area contributed by atoms with Crippen LogP contribution in [0.25, 0.3) is 0 Å². The second kappa shape index (κ2) is 4.67. The monoisotopic (exact) mass is 340 g/mol. The van der Waals surface area contributed by atoms with Gasteiger partial charge in [0.05, 0.1) is 0 Å². The molecule has 1 fully saturated rings. The number of benzene rings is 1. The van der Waals surface area contributed by atoms with Crippen LogP contribution in [-0.4, -0.2) is 6.71 Å². The molecule has 0 amide bonds. The Morgan fingerprint density at radius 1 is 1.04 bits per heavy atom. The van der Waals surface area contributed by atoms with Crippen LogP contribution < -0.4 is 5.46 Å². The lowest BCUT2D eigenvalue weighted by Crippen LogP contribution is -2.65. The van der Waals surface area contributed by atoms with Gasteiger partial charge < -0.3 is 0 Å². The summed E-state index contributed by atoms with van der Waals surface area (Å²) in [5.74, 6) is 3.69. The molecule has 0 aromatic heterocycles. The number of hydrogen-bond donors (Lipinski definition) is 0. The normalized spacial score (nSPS) is 39.3. The molecular weight excluding hydrogens is 311 g/mol. The molecule has 0 saturated carbocycles. The van der Waals surface area contributed by atoms with Crippen LogP contribution in [0, 0.1) is 23.2 Å². The molecule has 132 valence electrons. The van der Waals surface area contributed by atoms with Crippen LogP contribution in [-0.2, 0) is 11.8 Å². The molecule has 3 aliphatic heterocycles. The topological polar surface area (TPSA) is 0 Å². The predicted molar refractivity (Wildman–Crippen MR) is 111 cm³/mol. The van der Waals surface area contributed by atoms with Gasteiger partial charge in [0, 0.05) is 0 Å². The van der Waals surface area contributed by atoms with Crippen LogP contribution in [0.15, 0.2) is 54.2 Å². The van der Waals surface area contributed by atoms with Crippen LogP contribution in [0.5, 0.6) is 0 Å². The van der Waals surface area contributed by atoms with Crippen molar-refractivity contribution < 1.29 is 0 Å². The van der Waals surface area contributed by atoms with E-state index in [2.05, 4.69) is 76.3 Å². The van der Waals surface area contributed by atoms with E-state index in [4.69, 9.17) is 0 Å². The van der Waals surface area contributed by atoms with E-state index >= 15 is 0 Å². The maximum atomic E-state index is 2.60. The Bertz CT molecular complexity index is 897. The lowest BCUT2D eigenvalue weighted by molar-refractivity contribution is 0.168. The maximum Gasteiger partial charge on any atom is 0.188 e.